The summed E-state index contributed by atoms with van der Waals surface area (Å²) >= 11 is -0.304. The number of carbonyl (C=O) groups excluding carboxylic acids is 3. The van der Waals surface area contributed by atoms with Crippen LogP contribution in [0.25, 0.3) is 30.2 Å². The third-order valence-electron chi connectivity index (χ3n) is 18.6. The van der Waals surface area contributed by atoms with E-state index in [1.54, 1.807) is 12.1 Å². The maximum Gasteiger partial charge on any atom is 0.407 e. The zero-order chi connectivity index (χ0) is 94.1. The van der Waals surface area contributed by atoms with Gasteiger partial charge in [-0.3, -0.25) is 9.00 Å². The Morgan fingerprint density at radius 2 is 0.920 bits per heavy atom. The Kier molecular flexibility index (Phi) is 72.1. The van der Waals surface area contributed by atoms with Crippen molar-refractivity contribution in [3.63, 3.8) is 0 Å². The summed E-state index contributed by atoms with van der Waals surface area (Å²) < 4.78 is 102. The number of hydrogen-bond acceptors (Lipinski definition) is 23. The first kappa shape index (κ1) is 121. The number of amides is 4. The normalized spacial score (nSPS) is 15.6. The summed E-state index contributed by atoms with van der Waals surface area (Å²) in [6, 6.07) is 14.0. The predicted octanol–water partition coefficient (Wildman–Crippen LogP) is 21.0. The van der Waals surface area contributed by atoms with Crippen LogP contribution in [0.3, 0.4) is 0 Å². The van der Waals surface area contributed by atoms with Crippen LogP contribution in [0.2, 0.25) is 0 Å². The van der Waals surface area contributed by atoms with E-state index in [9.17, 15) is 27.6 Å². The molecule has 2 aromatic rings. The number of nitrogens with zero attached hydrogens (tertiary/aromatic N) is 10. The van der Waals surface area contributed by atoms with E-state index in [2.05, 4.69) is 170 Å². The summed E-state index contributed by atoms with van der Waals surface area (Å²) in [7, 11) is 0.837. The van der Waals surface area contributed by atoms with Gasteiger partial charge in [0.1, 0.15) is 38.8 Å². The molecule has 0 radical (unpaired) electrons. The molecule has 0 bridgehead atoms. The van der Waals surface area contributed by atoms with Crippen LogP contribution in [0.1, 0.15) is 258 Å². The van der Waals surface area contributed by atoms with Crippen molar-refractivity contribution in [2.75, 3.05) is 144 Å². The lowest BCUT2D eigenvalue weighted by atomic mass is 10.0. The molecule has 2 aliphatic heterocycles. The molecule has 2 fully saturated rings. The van der Waals surface area contributed by atoms with Gasteiger partial charge in [-0.25, -0.2) is 54.6 Å². The Morgan fingerprint density at radius 1 is 0.552 bits per heavy atom. The summed E-state index contributed by atoms with van der Waals surface area (Å²) in [6.07, 6.45) is 18.0. The number of thioether (sulfide) groups is 1. The van der Waals surface area contributed by atoms with Crippen LogP contribution in [0, 0.1) is 26.3 Å². The minimum Gasteiger partial charge on any atom is -0.768 e. The Morgan fingerprint density at radius 3 is 1.29 bits per heavy atom. The molecule has 726 valence electrons. The Bertz CT molecular complexity index is 3300. The van der Waals surface area contributed by atoms with Gasteiger partial charge in [0.15, 0.2) is 0 Å². The fourth-order valence-corrected chi connectivity index (χ4v) is 21.8. The van der Waals surface area contributed by atoms with E-state index in [4.69, 9.17) is 77.7 Å². The smallest absolute Gasteiger partial charge is 0.407 e. The van der Waals surface area contributed by atoms with Crippen molar-refractivity contribution >= 4 is 91.4 Å². The zero-order valence-corrected chi connectivity index (χ0v) is 85.3. The Hall–Kier alpha value is -4.02. The van der Waals surface area contributed by atoms with E-state index in [-0.39, 0.29) is 41.1 Å². The largest absolute Gasteiger partial charge is 0.768 e. The van der Waals surface area contributed by atoms with Gasteiger partial charge >= 0.3 is 12.1 Å². The van der Waals surface area contributed by atoms with E-state index in [0.29, 0.717) is 169 Å². The van der Waals surface area contributed by atoms with Crippen molar-refractivity contribution in [2.45, 2.75) is 330 Å². The number of hydrogen-bond donors (Lipinski definition) is 5. The molecule has 125 heavy (non-hydrogen) atoms. The number of ether oxygens (including phenoxy) is 2. The molecule has 0 aromatic heterocycles. The average molecular weight is 1880 g/mol. The molecule has 30 nitrogen and oxygen atoms in total. The highest BCUT2D eigenvalue weighted by Gasteiger charge is 2.43. The fourth-order valence-electron chi connectivity index (χ4n) is 13.2. The molecule has 0 aliphatic carbocycles. The molecule has 2 aliphatic rings. The van der Waals surface area contributed by atoms with Crippen molar-refractivity contribution in [1.82, 2.24) is 45.1 Å². The van der Waals surface area contributed by atoms with Crippen molar-refractivity contribution in [1.29, 1.82) is 0 Å². The topological polar surface area (TPSA) is 295 Å². The molecule has 0 spiro atoms. The van der Waals surface area contributed by atoms with Gasteiger partial charge in [-0.05, 0) is 231 Å². The third kappa shape index (κ3) is 57.1. The SMILES string of the molecule is CN(C)c1cccc2c(S(=O)[O-])cccc12.[C-]#[N+]CCOP(OCCCCCCN(F)COC)N(C(C)C)C(C)C.[C-]#[N+]CCOP(OCCCCCCN)N(C(C)C)C(C)C.[C-]#[N+]CCOP(OCCCCCCNC(=O)CCCC1SCC2NC(=O)NC21)N(C(C)C)C(C)C.[C-]#[N+]CCOP(OCCCCCCNC(=O)OC(C)(C)C)N(C(C)C)C(C)C.[HH].[HH].[HH]. The number of benzene rings is 2. The van der Waals surface area contributed by atoms with Crippen molar-refractivity contribution in [3.8, 4) is 0 Å². The van der Waals surface area contributed by atoms with Crippen LogP contribution in [0.5, 0.6) is 0 Å². The molecule has 2 aromatic carbocycles. The monoisotopic (exact) mass is 1880 g/mol. The molecule has 8 unspecified atom stereocenters. The first-order chi connectivity index (χ1) is 59.5. The number of fused-ring (bicyclic) bond motifs is 2. The standard InChI is InChI=1S/C24H44N5O4PS.C20H40N3O4P.C17H35FN3O3P.C15H32N3O2P.C12H13NO2S.3H2/c1-18(2)29(19(3)4)34(33-16-14-25-5)32-15-9-7-6-8-13-26-22(30)12-10-11-21-23-20(17-35-21)27-24(31)28-23;1-17(2)23(18(3)4)28(26-16-14-21-8)25-15-12-10-9-11-13-22-19(24)27-20(5,6)7;1-16(2)21(17(3)4)25(24-14-11-19-5)23-13-10-8-7-9-12-20(18)15-22-6;1-14(2)18(15(3)4)21(20-13-11-17-5)19-12-9-7-6-8-10-16;1-13(2)11-7-3-6-10-9(11)5-4-8-12(10)16(14)15;;;/h18-21,23H,6-17H2,1-4H3,(H,26,30)(H2,27,28,31);17-18H,9-16H2,1-7H3,(H,22,24);16-17H,7-15H2,1-4,6H3;14-15H,6-13,16H2,1-4H3;3-8H,1-2H3,(H,14,15);3*1H/p-1. The van der Waals surface area contributed by atoms with Gasteiger partial charge in [0, 0.05) is 127 Å². The summed E-state index contributed by atoms with van der Waals surface area (Å²) in [6.45, 7) is 75.6. The number of alkyl carbamates (subject to hydrolysis) is 1. The van der Waals surface area contributed by atoms with E-state index >= 15 is 0 Å². The van der Waals surface area contributed by atoms with Crippen LogP contribution in [0.15, 0.2) is 41.3 Å². The van der Waals surface area contributed by atoms with Crippen molar-refractivity contribution in [3.05, 3.63) is 82.1 Å². The molecular weight excluding hydrogens is 1710 g/mol. The highest BCUT2D eigenvalue weighted by Crippen LogP contribution is 2.49. The highest BCUT2D eigenvalue weighted by atomic mass is 32.2. The van der Waals surface area contributed by atoms with Gasteiger partial charge in [0.05, 0.1) is 38.5 Å². The second-order valence-corrected chi connectivity index (χ2v) is 41.5. The van der Waals surface area contributed by atoms with E-state index in [0.717, 1.165) is 144 Å². The van der Waals surface area contributed by atoms with Crippen LogP contribution in [-0.2, 0) is 61.5 Å². The van der Waals surface area contributed by atoms with Crippen LogP contribution in [-0.4, -0.2) is 261 Å². The minimum absolute atomic E-state index is 0. The number of methoxy groups -OCH3 is 1. The number of carbonyl (C=O) groups is 3. The summed E-state index contributed by atoms with van der Waals surface area (Å²) in [4.78, 5) is 50.9. The van der Waals surface area contributed by atoms with E-state index in [1.807, 2.05) is 75.8 Å². The number of urea groups is 1. The molecule has 4 amide bonds. The maximum atomic E-state index is 13.1. The highest BCUT2D eigenvalue weighted by molar-refractivity contribution is 8.00. The van der Waals surface area contributed by atoms with E-state index < -0.39 is 50.8 Å². The maximum absolute atomic E-state index is 13.1. The van der Waals surface area contributed by atoms with Crippen LogP contribution < -0.4 is 31.9 Å². The molecular formula is C88H169FN15O15P4S2-. The first-order valence-electron chi connectivity index (χ1n) is 45.0. The quantitative estimate of drug-likeness (QED) is 0.00782. The minimum atomic E-state index is -2.19. The summed E-state index contributed by atoms with van der Waals surface area (Å²) in [5, 5.41) is 14.6. The number of nitrogens with two attached hydrogens (primary N) is 1. The van der Waals surface area contributed by atoms with Gasteiger partial charge in [0.25, 0.3) is 34.1 Å². The molecule has 6 N–H and O–H groups in total. The number of unbranched alkanes of at least 4 members (excludes halogenated alkanes) is 12. The zero-order valence-electron chi connectivity index (χ0n) is 80.1. The second kappa shape index (κ2) is 74.5. The average Bonchev–Trinajstić information content (AvgIpc) is 1.29. The lowest BCUT2D eigenvalue weighted by Gasteiger charge is -2.35. The molecule has 2 heterocycles. The molecule has 4 rings (SSSR count). The predicted molar refractivity (Wildman–Crippen MR) is 521 cm³/mol. The lowest BCUT2D eigenvalue weighted by molar-refractivity contribution is -0.121. The summed E-state index contributed by atoms with van der Waals surface area (Å²) in [5.41, 5.74) is 6.04. The van der Waals surface area contributed by atoms with Gasteiger partial charge < -0.3 is 101 Å². The lowest BCUT2D eigenvalue weighted by Crippen LogP contribution is -2.37. The van der Waals surface area contributed by atoms with E-state index in [1.165, 1.54) is 7.11 Å². The number of nitrogens with one attached hydrogen (secondary N) is 4. The first-order valence-corrected chi connectivity index (χ1v) is 51.6. The number of anilines is 1. The van der Waals surface area contributed by atoms with Crippen molar-refractivity contribution in [2.24, 2.45) is 5.73 Å². The Labute approximate surface area is 771 Å². The molecule has 0 saturated carbocycles. The second-order valence-electron chi connectivity index (χ2n) is 33.5. The van der Waals surface area contributed by atoms with Crippen molar-refractivity contribution < 1.29 is 77.6 Å². The van der Waals surface area contributed by atoms with Crippen LogP contribution >= 0.6 is 45.9 Å². The molecule has 8 atom stereocenters. The van der Waals surface area contributed by atoms with Gasteiger partial charge in [-0.1, -0.05) is 75.6 Å². The van der Waals surface area contributed by atoms with Gasteiger partial charge in [-0.15, -0.1) is 9.60 Å². The summed E-state index contributed by atoms with van der Waals surface area (Å²) in [5.74, 6) is 1.07. The third-order valence-corrected chi connectivity index (χ3v) is 29.2. The number of halogens is 1. The fraction of sp³-hybridized carbons (Fsp3) is 0.807. The number of rotatable bonds is 63. The van der Waals surface area contributed by atoms with Gasteiger partial charge in [0.2, 0.25) is 32.1 Å². The Balaban J connectivity index is -0.000000762. The van der Waals surface area contributed by atoms with Crippen LogP contribution in [0.4, 0.5) is 19.8 Å². The molecule has 2 saturated heterocycles. The van der Waals surface area contributed by atoms with Gasteiger partial charge in [-0.2, -0.15) is 11.8 Å². The molecule has 37 heteroatoms.